The zero-order valence-corrected chi connectivity index (χ0v) is 12.6. The number of amides is 1. The quantitative estimate of drug-likeness (QED) is 0.815. The first-order chi connectivity index (χ1) is 10.1. The molecule has 1 aliphatic heterocycles. The van der Waals surface area contributed by atoms with Crippen LogP contribution in [0, 0.1) is 0 Å². The number of carbonyl (C=O) groups is 1. The number of hydrogen-bond donors (Lipinski definition) is 2. The number of carbonyl (C=O) groups excluding carboxylic acids is 1. The third-order valence-electron chi connectivity index (χ3n) is 3.57. The standard InChI is InChI=1S/C15H23N3O3/c1-17(11-15(20)18-7-5-16-6-8-18)10-12-3-4-13(19)14(9-12)21-2/h3-4,9,16,19H,5-8,10-11H2,1-2H3. The van der Waals surface area contributed by atoms with E-state index >= 15 is 0 Å². The summed E-state index contributed by atoms with van der Waals surface area (Å²) in [6.45, 7) is 4.31. The summed E-state index contributed by atoms with van der Waals surface area (Å²) in [5.41, 5.74) is 1.00. The summed E-state index contributed by atoms with van der Waals surface area (Å²) in [5, 5.41) is 12.8. The van der Waals surface area contributed by atoms with E-state index in [1.807, 2.05) is 22.9 Å². The molecule has 6 heteroatoms. The van der Waals surface area contributed by atoms with Gasteiger partial charge >= 0.3 is 0 Å². The number of nitrogens with one attached hydrogen (secondary N) is 1. The van der Waals surface area contributed by atoms with E-state index in [9.17, 15) is 9.90 Å². The minimum Gasteiger partial charge on any atom is -0.504 e. The van der Waals surface area contributed by atoms with Gasteiger partial charge < -0.3 is 20.1 Å². The molecule has 6 nitrogen and oxygen atoms in total. The smallest absolute Gasteiger partial charge is 0.236 e. The van der Waals surface area contributed by atoms with Crippen LogP contribution in [0.2, 0.25) is 0 Å². The first kappa shape index (κ1) is 15.6. The van der Waals surface area contributed by atoms with Gasteiger partial charge in [0.1, 0.15) is 0 Å². The van der Waals surface area contributed by atoms with Gasteiger partial charge in [0.25, 0.3) is 0 Å². The molecule has 0 aromatic heterocycles. The lowest BCUT2D eigenvalue weighted by molar-refractivity contribution is -0.132. The van der Waals surface area contributed by atoms with Gasteiger partial charge in [0, 0.05) is 32.7 Å². The lowest BCUT2D eigenvalue weighted by Gasteiger charge is -2.29. The van der Waals surface area contributed by atoms with Crippen molar-refractivity contribution in [1.29, 1.82) is 0 Å². The van der Waals surface area contributed by atoms with Crippen molar-refractivity contribution >= 4 is 5.91 Å². The maximum absolute atomic E-state index is 12.2. The molecule has 0 radical (unpaired) electrons. The lowest BCUT2D eigenvalue weighted by Crippen LogP contribution is -2.49. The molecule has 0 saturated carbocycles. The van der Waals surface area contributed by atoms with Crippen LogP contribution in [-0.2, 0) is 11.3 Å². The highest BCUT2D eigenvalue weighted by Gasteiger charge is 2.17. The Kier molecular flexibility index (Phi) is 5.41. The molecule has 1 aromatic rings. The SMILES string of the molecule is COc1cc(CN(C)CC(=O)N2CCNCC2)ccc1O. The van der Waals surface area contributed by atoms with E-state index in [4.69, 9.17) is 4.74 Å². The normalized spacial score (nSPS) is 15.3. The van der Waals surface area contributed by atoms with E-state index in [-0.39, 0.29) is 11.7 Å². The number of ether oxygens (including phenoxy) is 1. The highest BCUT2D eigenvalue weighted by Crippen LogP contribution is 2.26. The van der Waals surface area contributed by atoms with Gasteiger partial charge in [0.05, 0.1) is 13.7 Å². The van der Waals surface area contributed by atoms with Crippen LogP contribution in [0.15, 0.2) is 18.2 Å². The molecule has 1 fully saturated rings. The van der Waals surface area contributed by atoms with E-state index in [1.165, 1.54) is 7.11 Å². The molecule has 1 aromatic carbocycles. The molecular weight excluding hydrogens is 270 g/mol. The summed E-state index contributed by atoms with van der Waals surface area (Å²) in [6, 6.07) is 5.24. The van der Waals surface area contributed by atoms with Gasteiger partial charge in [-0.15, -0.1) is 0 Å². The Hall–Kier alpha value is -1.79. The number of aromatic hydroxyl groups is 1. The number of phenolic OH excluding ortho intramolecular Hbond substituents is 1. The second-order valence-corrected chi connectivity index (χ2v) is 5.31. The first-order valence-electron chi connectivity index (χ1n) is 7.13. The Morgan fingerprint density at radius 1 is 1.43 bits per heavy atom. The second kappa shape index (κ2) is 7.28. The fraction of sp³-hybridized carbons (Fsp3) is 0.533. The Bertz CT molecular complexity index is 487. The van der Waals surface area contributed by atoms with Crippen LogP contribution in [0.3, 0.4) is 0 Å². The summed E-state index contributed by atoms with van der Waals surface area (Å²) < 4.78 is 5.09. The molecule has 116 valence electrons. The van der Waals surface area contributed by atoms with Crippen LogP contribution in [0.5, 0.6) is 11.5 Å². The fourth-order valence-electron chi connectivity index (χ4n) is 2.43. The van der Waals surface area contributed by atoms with E-state index in [0.29, 0.717) is 18.8 Å². The topological polar surface area (TPSA) is 65.0 Å². The number of rotatable bonds is 5. The summed E-state index contributed by atoms with van der Waals surface area (Å²) >= 11 is 0. The van der Waals surface area contributed by atoms with E-state index in [1.54, 1.807) is 12.1 Å². The molecule has 2 N–H and O–H groups in total. The molecule has 1 saturated heterocycles. The molecule has 0 atom stereocenters. The third-order valence-corrected chi connectivity index (χ3v) is 3.57. The largest absolute Gasteiger partial charge is 0.504 e. The molecule has 2 rings (SSSR count). The predicted octanol–water partition coefficient (Wildman–Crippen LogP) is 0.264. The minimum absolute atomic E-state index is 0.126. The van der Waals surface area contributed by atoms with Crippen molar-refractivity contribution in [2.75, 3.05) is 46.9 Å². The number of hydrogen-bond acceptors (Lipinski definition) is 5. The molecule has 0 bridgehead atoms. The van der Waals surface area contributed by atoms with Crippen LogP contribution in [0.1, 0.15) is 5.56 Å². The summed E-state index contributed by atoms with van der Waals surface area (Å²) in [4.78, 5) is 16.0. The van der Waals surface area contributed by atoms with Crippen LogP contribution in [0.25, 0.3) is 0 Å². The van der Waals surface area contributed by atoms with Crippen molar-refractivity contribution in [1.82, 2.24) is 15.1 Å². The van der Waals surface area contributed by atoms with Gasteiger partial charge in [-0.2, -0.15) is 0 Å². The van der Waals surface area contributed by atoms with Crippen molar-refractivity contribution in [3.05, 3.63) is 23.8 Å². The van der Waals surface area contributed by atoms with Crippen LogP contribution in [0.4, 0.5) is 0 Å². The summed E-state index contributed by atoms with van der Waals surface area (Å²) in [5.74, 6) is 0.736. The Morgan fingerprint density at radius 3 is 2.81 bits per heavy atom. The van der Waals surface area contributed by atoms with Crippen molar-refractivity contribution in [2.24, 2.45) is 0 Å². The van der Waals surface area contributed by atoms with Gasteiger partial charge in [-0.1, -0.05) is 6.07 Å². The van der Waals surface area contributed by atoms with Crippen molar-refractivity contribution < 1.29 is 14.6 Å². The van der Waals surface area contributed by atoms with E-state index in [2.05, 4.69) is 5.32 Å². The van der Waals surface area contributed by atoms with Crippen LogP contribution in [-0.4, -0.2) is 67.7 Å². The van der Waals surface area contributed by atoms with Crippen molar-refractivity contribution in [3.8, 4) is 11.5 Å². The molecule has 21 heavy (non-hydrogen) atoms. The molecular formula is C15H23N3O3. The van der Waals surface area contributed by atoms with Crippen LogP contribution < -0.4 is 10.1 Å². The number of benzene rings is 1. The average Bonchev–Trinajstić information content (AvgIpc) is 2.50. The van der Waals surface area contributed by atoms with Gasteiger partial charge in [0.15, 0.2) is 11.5 Å². The lowest BCUT2D eigenvalue weighted by atomic mass is 10.2. The highest BCUT2D eigenvalue weighted by molar-refractivity contribution is 5.78. The van der Waals surface area contributed by atoms with Gasteiger partial charge in [0.2, 0.25) is 5.91 Å². The third kappa shape index (κ3) is 4.34. The number of nitrogens with zero attached hydrogens (tertiary/aromatic N) is 2. The van der Waals surface area contributed by atoms with E-state index in [0.717, 1.165) is 31.7 Å². The number of methoxy groups -OCH3 is 1. The monoisotopic (exact) mass is 293 g/mol. The predicted molar refractivity (Wildman–Crippen MR) is 80.4 cm³/mol. The molecule has 1 amide bonds. The first-order valence-corrected chi connectivity index (χ1v) is 7.13. The Morgan fingerprint density at radius 2 is 2.14 bits per heavy atom. The fourth-order valence-corrected chi connectivity index (χ4v) is 2.43. The minimum atomic E-state index is 0.126. The summed E-state index contributed by atoms with van der Waals surface area (Å²) in [6.07, 6.45) is 0. The Balaban J connectivity index is 1.88. The van der Waals surface area contributed by atoms with Crippen molar-refractivity contribution in [3.63, 3.8) is 0 Å². The second-order valence-electron chi connectivity index (χ2n) is 5.31. The van der Waals surface area contributed by atoms with Crippen LogP contribution >= 0.6 is 0 Å². The highest BCUT2D eigenvalue weighted by atomic mass is 16.5. The number of piperazine rings is 1. The maximum atomic E-state index is 12.2. The molecule has 0 spiro atoms. The molecule has 1 heterocycles. The molecule has 0 aliphatic carbocycles. The number of phenols is 1. The number of likely N-dealkylation sites (N-methyl/N-ethyl adjacent to an activating group) is 1. The average molecular weight is 293 g/mol. The van der Waals surface area contributed by atoms with Gasteiger partial charge in [-0.25, -0.2) is 0 Å². The molecule has 0 unspecified atom stereocenters. The van der Waals surface area contributed by atoms with Gasteiger partial charge in [-0.3, -0.25) is 9.69 Å². The van der Waals surface area contributed by atoms with Crippen molar-refractivity contribution in [2.45, 2.75) is 6.54 Å². The van der Waals surface area contributed by atoms with E-state index < -0.39 is 0 Å². The maximum Gasteiger partial charge on any atom is 0.236 e. The Labute approximate surface area is 125 Å². The zero-order chi connectivity index (χ0) is 15.2. The molecule has 1 aliphatic rings. The summed E-state index contributed by atoms with van der Waals surface area (Å²) in [7, 11) is 3.44. The zero-order valence-electron chi connectivity index (χ0n) is 12.6. The van der Waals surface area contributed by atoms with Gasteiger partial charge in [-0.05, 0) is 24.7 Å².